The lowest BCUT2D eigenvalue weighted by atomic mass is 10.4. The quantitative estimate of drug-likeness (QED) is 0.228. The third-order valence-electron chi connectivity index (χ3n) is 1.84. The van der Waals surface area contributed by atoms with E-state index in [1.165, 1.54) is 20.1 Å². The minimum absolute atomic E-state index is 0. The van der Waals surface area contributed by atoms with Crippen LogP contribution in [0.4, 0.5) is 0 Å². The van der Waals surface area contributed by atoms with Gasteiger partial charge in [-0.15, -0.1) is 5.10 Å². The van der Waals surface area contributed by atoms with Crippen LogP contribution in [-0.2, 0) is 4.79 Å². The molecule has 2 N–H and O–H groups in total. The number of hydrogen-bond acceptors (Lipinski definition) is 7. The smallest absolute Gasteiger partial charge is 0.234 e. The van der Waals surface area contributed by atoms with E-state index in [4.69, 9.17) is 15.0 Å². The Morgan fingerprint density at radius 3 is 1.86 bits per heavy atom. The second-order valence-electron chi connectivity index (χ2n) is 5.70. The molecule has 134 valence electrons. The molecule has 2 unspecified atom stereocenters. The number of hydrogen-bond donors (Lipinski definition) is 2. The Hall–Kier alpha value is -1.31. The average molecular weight is 323 g/mol. The summed E-state index contributed by atoms with van der Waals surface area (Å²) >= 11 is 0. The number of rotatable bonds is 5. The third-order valence-corrected chi connectivity index (χ3v) is 1.84. The molecule has 8 nitrogen and oxygen atoms in total. The van der Waals surface area contributed by atoms with Crippen LogP contribution in [0.25, 0.3) is 0 Å². The van der Waals surface area contributed by atoms with Gasteiger partial charge in [-0.3, -0.25) is 0 Å². The Labute approximate surface area is 135 Å². The normalized spacial score (nSPS) is 13.9. The topological polar surface area (TPSA) is 109 Å². The van der Waals surface area contributed by atoms with Crippen LogP contribution >= 0.6 is 0 Å². The molecule has 8 heteroatoms. The number of aliphatic imine (C=N–C) groups is 1. The summed E-state index contributed by atoms with van der Waals surface area (Å²) in [4.78, 5) is 13.8. The Balaban J connectivity index is -0.000000130. The lowest BCUT2D eigenvalue weighted by Gasteiger charge is -2.25. The minimum Gasteiger partial charge on any atom is -0.858 e. The number of isocyanates is 1. The van der Waals surface area contributed by atoms with Crippen molar-refractivity contribution in [1.82, 2.24) is 4.90 Å². The van der Waals surface area contributed by atoms with Crippen LogP contribution < -0.4 is 5.11 Å². The first-order valence-electron chi connectivity index (χ1n) is 6.91. The summed E-state index contributed by atoms with van der Waals surface area (Å²) in [5.74, 6) is -0.212. The van der Waals surface area contributed by atoms with Gasteiger partial charge in [-0.2, -0.15) is 0 Å². The minimum atomic E-state index is -0.437. The van der Waals surface area contributed by atoms with Gasteiger partial charge in [0.2, 0.25) is 6.08 Å². The number of carbonyl (C=O) groups excluding carboxylic acids is 1. The standard InChI is InChI=1S/C7H16N2O2.C5H13NO.C2H3NO.H2/c1-6(10)5-9(3,4)8-7(2)11;1-5(7)4-6(2)3;1-3-2-4;/h6,10H,5H2,1-4H3;5,7H,4H2,1-3H3;1H3;1H/i;;;1+1. The maximum Gasteiger partial charge on any atom is 0.234 e. The molecule has 0 aliphatic heterocycles. The van der Waals surface area contributed by atoms with Crippen molar-refractivity contribution in [1.29, 1.82) is 0 Å². The first-order chi connectivity index (χ1) is 9.87. The van der Waals surface area contributed by atoms with Gasteiger partial charge in [-0.05, 0) is 34.9 Å². The first kappa shape index (κ1) is 25.6. The zero-order chi connectivity index (χ0) is 18.3. The second kappa shape index (κ2) is 14.6. The number of aliphatic hydroxyl groups is 2. The Kier molecular flexibility index (Phi) is 17.0. The van der Waals surface area contributed by atoms with E-state index < -0.39 is 6.10 Å². The van der Waals surface area contributed by atoms with Crippen molar-refractivity contribution in [2.75, 3.05) is 48.3 Å². The molecule has 2 atom stereocenters. The number of nitrogens with zero attached hydrogens (tertiary/aromatic N) is 4. The molecule has 0 heterocycles. The maximum absolute atomic E-state index is 10.6. The fraction of sp³-hybridized carbons (Fsp3) is 0.857. The number of quaternary nitrogens is 1. The van der Waals surface area contributed by atoms with Crippen molar-refractivity contribution >= 4 is 12.0 Å². The van der Waals surface area contributed by atoms with E-state index in [0.717, 1.165) is 6.54 Å². The predicted octanol–water partition coefficient (Wildman–Crippen LogP) is -0.736. The van der Waals surface area contributed by atoms with Crippen LogP contribution in [0.3, 0.4) is 0 Å². The molecule has 0 amide bonds. The van der Waals surface area contributed by atoms with Crippen molar-refractivity contribution in [2.24, 2.45) is 10.1 Å². The van der Waals surface area contributed by atoms with Crippen molar-refractivity contribution < 1.29 is 26.1 Å². The monoisotopic (exact) mass is 323 g/mol. The van der Waals surface area contributed by atoms with Crippen LogP contribution in [0.2, 0.25) is 0 Å². The highest BCUT2D eigenvalue weighted by Gasteiger charge is 2.15. The van der Waals surface area contributed by atoms with Gasteiger partial charge in [0.05, 0.1) is 20.2 Å². The van der Waals surface area contributed by atoms with Crippen LogP contribution in [0.1, 0.15) is 22.2 Å². The summed E-state index contributed by atoms with van der Waals surface area (Å²) in [6.07, 6.45) is 0.670. The summed E-state index contributed by atoms with van der Waals surface area (Å²) in [5, 5.41) is 32.1. The highest BCUT2D eigenvalue weighted by Crippen LogP contribution is 2.00. The SMILES string of the molecule is CC(O)CN(C)C.CC([O-])=N[N+](C)(C)CC(C)O.CN=C=O.[2HH]. The molecular formula is C14H34N4O4. The van der Waals surface area contributed by atoms with Gasteiger partial charge < -0.3 is 20.2 Å². The van der Waals surface area contributed by atoms with E-state index in [1.807, 2.05) is 19.0 Å². The summed E-state index contributed by atoms with van der Waals surface area (Å²) in [6.45, 7) is 6.07. The lowest BCUT2D eigenvalue weighted by molar-refractivity contribution is -0.901. The molecular weight excluding hydrogens is 288 g/mol. The van der Waals surface area contributed by atoms with Crippen molar-refractivity contribution in [3.05, 3.63) is 0 Å². The number of likely N-dealkylation sites (N-methyl/N-ethyl adjacent to an activating group) is 2. The average Bonchev–Trinajstić information content (AvgIpc) is 2.24. The van der Waals surface area contributed by atoms with Crippen LogP contribution in [-0.4, -0.2) is 92.2 Å². The summed E-state index contributed by atoms with van der Waals surface area (Å²) in [6, 6.07) is 0. The van der Waals surface area contributed by atoms with Crippen LogP contribution in [0.5, 0.6) is 0 Å². The highest BCUT2D eigenvalue weighted by atomic mass is 16.3. The second-order valence-corrected chi connectivity index (χ2v) is 5.70. The van der Waals surface area contributed by atoms with Gasteiger partial charge in [0.25, 0.3) is 0 Å². The molecule has 0 fully saturated rings. The zero-order valence-corrected chi connectivity index (χ0v) is 15.1. The molecule has 0 aromatic carbocycles. The van der Waals surface area contributed by atoms with E-state index in [-0.39, 0.29) is 18.0 Å². The predicted molar refractivity (Wildman–Crippen MR) is 88.2 cm³/mol. The van der Waals surface area contributed by atoms with E-state index in [1.54, 1.807) is 27.9 Å². The molecule has 0 rings (SSSR count). The van der Waals surface area contributed by atoms with Gasteiger partial charge in [0.15, 0.2) is 0 Å². The molecule has 0 radical (unpaired) electrons. The molecule has 0 aromatic heterocycles. The molecule has 0 aliphatic carbocycles. The summed E-state index contributed by atoms with van der Waals surface area (Å²) < 4.78 is 0.188. The van der Waals surface area contributed by atoms with Crippen molar-refractivity contribution in [3.8, 4) is 0 Å². The molecule has 0 bridgehead atoms. The lowest BCUT2D eigenvalue weighted by Crippen LogP contribution is -2.41. The van der Waals surface area contributed by atoms with Crippen molar-refractivity contribution in [3.63, 3.8) is 0 Å². The Morgan fingerprint density at radius 1 is 1.32 bits per heavy atom. The highest BCUT2D eigenvalue weighted by molar-refractivity contribution is 5.67. The fourth-order valence-corrected chi connectivity index (χ4v) is 1.60. The van der Waals surface area contributed by atoms with Crippen LogP contribution in [0, 0.1) is 0 Å². The summed E-state index contributed by atoms with van der Waals surface area (Å²) in [5.41, 5.74) is 0. The van der Waals surface area contributed by atoms with Gasteiger partial charge in [-0.25, -0.2) is 14.4 Å². The maximum atomic E-state index is 10.6. The molecule has 0 spiro atoms. The van der Waals surface area contributed by atoms with Gasteiger partial charge >= 0.3 is 0 Å². The molecule has 0 aromatic rings. The molecule has 0 saturated carbocycles. The van der Waals surface area contributed by atoms with Gasteiger partial charge in [-0.1, -0.05) is 0 Å². The van der Waals surface area contributed by atoms with E-state index in [9.17, 15) is 5.11 Å². The van der Waals surface area contributed by atoms with Gasteiger partial charge in [0, 0.05) is 20.9 Å². The van der Waals surface area contributed by atoms with Gasteiger partial charge in [0.1, 0.15) is 12.6 Å². The van der Waals surface area contributed by atoms with E-state index in [2.05, 4.69) is 10.1 Å². The molecule has 22 heavy (non-hydrogen) atoms. The number of aliphatic hydroxyl groups excluding tert-OH is 2. The molecule has 0 saturated heterocycles. The fourth-order valence-electron chi connectivity index (χ4n) is 1.60. The summed E-state index contributed by atoms with van der Waals surface area (Å²) in [7, 11) is 8.80. The van der Waals surface area contributed by atoms with Crippen LogP contribution in [0.15, 0.2) is 10.1 Å². The first-order valence-corrected chi connectivity index (χ1v) is 6.91. The largest absolute Gasteiger partial charge is 0.858 e. The Morgan fingerprint density at radius 2 is 1.73 bits per heavy atom. The Bertz CT molecular complexity index is 332. The van der Waals surface area contributed by atoms with E-state index >= 15 is 0 Å². The zero-order valence-electron chi connectivity index (χ0n) is 15.1. The third kappa shape index (κ3) is 31.2. The molecule has 0 aliphatic rings. The van der Waals surface area contributed by atoms with Crippen molar-refractivity contribution in [2.45, 2.75) is 33.0 Å². The van der Waals surface area contributed by atoms with E-state index in [0.29, 0.717) is 6.54 Å².